The fourth-order valence-corrected chi connectivity index (χ4v) is 4.44. The van der Waals surface area contributed by atoms with Crippen LogP contribution in [0, 0.1) is 6.92 Å². The largest absolute Gasteiger partial charge is 0.495 e. The van der Waals surface area contributed by atoms with Crippen molar-refractivity contribution < 1.29 is 9.53 Å². The van der Waals surface area contributed by atoms with Crippen LogP contribution in [0.3, 0.4) is 0 Å². The number of aromatic nitrogens is 2. The molecule has 7 nitrogen and oxygen atoms in total. The molecular weight excluding hydrogens is 476 g/mol. The molecule has 4 aromatic rings. The first-order valence-corrected chi connectivity index (χ1v) is 12.2. The molecule has 0 saturated heterocycles. The molecule has 0 saturated carbocycles. The van der Waals surface area contributed by atoms with E-state index in [2.05, 4.69) is 5.32 Å². The number of urea groups is 1. The standard InChI is InChI=1S/C28H29ClN4O3/c1-5-15-32(28(35)30-21-10-8-9-20(29)17-21)19(3)26-31-23-12-7-6-11-22(23)27(34)33(26)24-16-18(2)13-14-25(24)36-4/h6-14,16-17,19H,5,15H2,1-4H3,(H,30,35). The fourth-order valence-electron chi connectivity index (χ4n) is 4.25. The number of hydrogen-bond donors (Lipinski definition) is 1. The molecule has 0 fully saturated rings. The van der Waals surface area contributed by atoms with E-state index < -0.39 is 6.04 Å². The summed E-state index contributed by atoms with van der Waals surface area (Å²) < 4.78 is 7.17. The first kappa shape index (κ1) is 25.3. The molecule has 0 aliphatic carbocycles. The van der Waals surface area contributed by atoms with Gasteiger partial charge >= 0.3 is 6.03 Å². The van der Waals surface area contributed by atoms with Gasteiger partial charge in [0.25, 0.3) is 5.56 Å². The van der Waals surface area contributed by atoms with E-state index in [0.717, 1.165) is 12.0 Å². The summed E-state index contributed by atoms with van der Waals surface area (Å²) >= 11 is 6.11. The third kappa shape index (κ3) is 5.06. The number of carbonyl (C=O) groups excluding carboxylic acids is 1. The highest BCUT2D eigenvalue weighted by Gasteiger charge is 2.27. The molecule has 1 atom stereocenters. The molecule has 186 valence electrons. The first-order valence-electron chi connectivity index (χ1n) is 11.8. The molecule has 0 aliphatic heterocycles. The summed E-state index contributed by atoms with van der Waals surface area (Å²) in [5.41, 5.74) is 2.48. The van der Waals surface area contributed by atoms with Gasteiger partial charge in [-0.15, -0.1) is 0 Å². The molecule has 36 heavy (non-hydrogen) atoms. The predicted octanol–water partition coefficient (Wildman–Crippen LogP) is 6.36. The molecule has 4 rings (SSSR count). The monoisotopic (exact) mass is 504 g/mol. The van der Waals surface area contributed by atoms with Crippen LogP contribution in [0.2, 0.25) is 5.02 Å². The van der Waals surface area contributed by atoms with E-state index in [4.69, 9.17) is 21.3 Å². The Morgan fingerprint density at radius 2 is 1.92 bits per heavy atom. The van der Waals surface area contributed by atoms with Gasteiger partial charge in [-0.1, -0.05) is 42.8 Å². The molecule has 1 unspecified atom stereocenters. The third-order valence-corrected chi connectivity index (χ3v) is 6.25. The van der Waals surface area contributed by atoms with Crippen LogP contribution in [-0.4, -0.2) is 34.1 Å². The van der Waals surface area contributed by atoms with Crippen molar-refractivity contribution in [1.29, 1.82) is 0 Å². The lowest BCUT2D eigenvalue weighted by Gasteiger charge is -2.30. The van der Waals surface area contributed by atoms with Crippen molar-refractivity contribution in [3.05, 3.63) is 93.5 Å². The van der Waals surface area contributed by atoms with Crippen LogP contribution in [0.15, 0.2) is 71.5 Å². The lowest BCUT2D eigenvalue weighted by molar-refractivity contribution is 0.189. The number of nitrogens with one attached hydrogen (secondary N) is 1. The minimum absolute atomic E-state index is 0.224. The molecule has 1 N–H and O–H groups in total. The zero-order valence-corrected chi connectivity index (χ0v) is 21.5. The van der Waals surface area contributed by atoms with Gasteiger partial charge in [0.2, 0.25) is 0 Å². The number of carbonyl (C=O) groups is 1. The van der Waals surface area contributed by atoms with Crippen molar-refractivity contribution in [2.45, 2.75) is 33.2 Å². The molecule has 2 amide bonds. The molecule has 1 aromatic heterocycles. The molecule has 0 radical (unpaired) electrons. The van der Waals surface area contributed by atoms with Crippen molar-refractivity contribution in [1.82, 2.24) is 14.5 Å². The van der Waals surface area contributed by atoms with E-state index in [1.165, 1.54) is 0 Å². The average molecular weight is 505 g/mol. The second kappa shape index (κ2) is 10.8. The quantitative estimate of drug-likeness (QED) is 0.317. The Kier molecular flexibility index (Phi) is 7.60. The van der Waals surface area contributed by atoms with E-state index in [1.807, 2.05) is 51.1 Å². The van der Waals surface area contributed by atoms with Crippen molar-refractivity contribution in [3.63, 3.8) is 0 Å². The topological polar surface area (TPSA) is 76.5 Å². The summed E-state index contributed by atoms with van der Waals surface area (Å²) in [5.74, 6) is 0.982. The predicted molar refractivity (Wildman–Crippen MR) is 145 cm³/mol. The number of methoxy groups -OCH3 is 1. The number of amides is 2. The Bertz CT molecular complexity index is 1470. The molecule has 3 aromatic carbocycles. The van der Waals surface area contributed by atoms with E-state index in [1.54, 1.807) is 53.0 Å². The summed E-state index contributed by atoms with van der Waals surface area (Å²) in [5, 5.41) is 3.94. The Hall–Kier alpha value is -3.84. The molecule has 1 heterocycles. The average Bonchev–Trinajstić information content (AvgIpc) is 2.86. The Morgan fingerprint density at radius 1 is 1.14 bits per heavy atom. The zero-order valence-electron chi connectivity index (χ0n) is 20.8. The highest BCUT2D eigenvalue weighted by molar-refractivity contribution is 6.30. The lowest BCUT2D eigenvalue weighted by Crippen LogP contribution is -2.40. The van der Waals surface area contributed by atoms with Crippen molar-refractivity contribution >= 4 is 34.2 Å². The number of fused-ring (bicyclic) bond motifs is 1. The molecular formula is C28H29ClN4O3. The number of nitrogens with zero attached hydrogens (tertiary/aromatic N) is 3. The number of halogens is 1. The van der Waals surface area contributed by atoms with Gasteiger partial charge in [-0.05, 0) is 68.3 Å². The second-order valence-corrected chi connectivity index (χ2v) is 9.05. The number of anilines is 1. The van der Waals surface area contributed by atoms with Gasteiger partial charge in [0, 0.05) is 17.3 Å². The van der Waals surface area contributed by atoms with Gasteiger partial charge < -0.3 is 15.0 Å². The van der Waals surface area contributed by atoms with Gasteiger partial charge in [0.15, 0.2) is 0 Å². The molecule has 0 aliphatic rings. The van der Waals surface area contributed by atoms with Crippen LogP contribution in [0.5, 0.6) is 5.75 Å². The smallest absolute Gasteiger partial charge is 0.322 e. The molecule has 8 heteroatoms. The Morgan fingerprint density at radius 3 is 2.64 bits per heavy atom. The SMILES string of the molecule is CCCN(C(=O)Nc1cccc(Cl)c1)C(C)c1nc2ccccc2c(=O)n1-c1cc(C)ccc1OC. The van der Waals surface area contributed by atoms with Crippen molar-refractivity contribution in [3.8, 4) is 11.4 Å². The third-order valence-electron chi connectivity index (χ3n) is 6.02. The maximum atomic E-state index is 13.8. The zero-order chi connectivity index (χ0) is 25.8. The number of rotatable bonds is 7. The maximum absolute atomic E-state index is 13.8. The van der Waals surface area contributed by atoms with Crippen LogP contribution in [0.4, 0.5) is 10.5 Å². The number of para-hydroxylation sites is 1. The summed E-state index contributed by atoms with van der Waals surface area (Å²) in [6.07, 6.45) is 0.721. The van der Waals surface area contributed by atoms with Crippen LogP contribution >= 0.6 is 11.6 Å². The summed E-state index contributed by atoms with van der Waals surface area (Å²) in [7, 11) is 1.57. The molecule has 0 bridgehead atoms. The number of aryl methyl sites for hydroxylation is 1. The van der Waals surface area contributed by atoms with E-state index >= 15 is 0 Å². The highest BCUT2D eigenvalue weighted by atomic mass is 35.5. The van der Waals surface area contributed by atoms with Crippen LogP contribution in [-0.2, 0) is 0 Å². The summed E-state index contributed by atoms with van der Waals surface area (Å²) in [6, 6.07) is 19.0. The lowest BCUT2D eigenvalue weighted by atomic mass is 10.1. The number of ether oxygens (including phenoxy) is 1. The first-order chi connectivity index (χ1) is 17.3. The van der Waals surface area contributed by atoms with E-state index in [9.17, 15) is 9.59 Å². The fraction of sp³-hybridized carbons (Fsp3) is 0.250. The van der Waals surface area contributed by atoms with Crippen LogP contribution < -0.4 is 15.6 Å². The maximum Gasteiger partial charge on any atom is 0.322 e. The van der Waals surface area contributed by atoms with Crippen molar-refractivity contribution in [2.24, 2.45) is 0 Å². The Balaban J connectivity index is 1.88. The minimum Gasteiger partial charge on any atom is -0.495 e. The highest BCUT2D eigenvalue weighted by Crippen LogP contribution is 2.29. The van der Waals surface area contributed by atoms with Crippen LogP contribution in [0.25, 0.3) is 16.6 Å². The van der Waals surface area contributed by atoms with Gasteiger partial charge in [0.1, 0.15) is 11.6 Å². The minimum atomic E-state index is -0.536. The number of benzene rings is 3. The van der Waals surface area contributed by atoms with Crippen molar-refractivity contribution in [2.75, 3.05) is 19.0 Å². The van der Waals surface area contributed by atoms with Gasteiger partial charge in [-0.25, -0.2) is 9.78 Å². The van der Waals surface area contributed by atoms with Crippen LogP contribution in [0.1, 0.15) is 37.7 Å². The number of hydrogen-bond acceptors (Lipinski definition) is 4. The van der Waals surface area contributed by atoms with Gasteiger partial charge in [-0.2, -0.15) is 0 Å². The van der Waals surface area contributed by atoms with Gasteiger partial charge in [0.05, 0.1) is 29.7 Å². The molecule has 0 spiro atoms. The van der Waals surface area contributed by atoms with E-state index in [-0.39, 0.29) is 11.6 Å². The summed E-state index contributed by atoms with van der Waals surface area (Å²) in [6.45, 7) is 6.29. The van der Waals surface area contributed by atoms with E-state index in [0.29, 0.717) is 45.4 Å². The second-order valence-electron chi connectivity index (χ2n) is 8.61. The normalized spacial score (nSPS) is 11.8. The van der Waals surface area contributed by atoms with Gasteiger partial charge in [-0.3, -0.25) is 9.36 Å². The Labute approximate surface area is 215 Å². The summed E-state index contributed by atoms with van der Waals surface area (Å²) in [4.78, 5) is 33.8.